The number of anilines is 1. The molecule has 1 amide bonds. The molecule has 1 aliphatic rings. The van der Waals surface area contributed by atoms with Gasteiger partial charge in [0, 0.05) is 25.9 Å². The third-order valence-corrected chi connectivity index (χ3v) is 3.02. The molecule has 2 heterocycles. The highest BCUT2D eigenvalue weighted by Gasteiger charge is 2.20. The van der Waals surface area contributed by atoms with E-state index in [-0.39, 0.29) is 17.4 Å². The SMILES string of the molecule is Cn1cc(NC(=O)[C@@H]2CCCNC2)ccc1=O. The molecule has 17 heavy (non-hydrogen) atoms. The Balaban J connectivity index is 2.02. The zero-order valence-corrected chi connectivity index (χ0v) is 9.90. The predicted octanol–water partition coefficient (Wildman–Crippen LogP) is 0.323. The minimum atomic E-state index is -0.0812. The second kappa shape index (κ2) is 5.14. The van der Waals surface area contributed by atoms with E-state index in [9.17, 15) is 9.59 Å². The first-order valence-corrected chi connectivity index (χ1v) is 5.85. The molecule has 0 spiro atoms. The van der Waals surface area contributed by atoms with Gasteiger partial charge in [0.1, 0.15) is 0 Å². The molecule has 5 heteroatoms. The lowest BCUT2D eigenvalue weighted by atomic mass is 9.99. The highest BCUT2D eigenvalue weighted by molar-refractivity contribution is 5.92. The maximum Gasteiger partial charge on any atom is 0.250 e. The van der Waals surface area contributed by atoms with Gasteiger partial charge in [0.2, 0.25) is 11.5 Å². The molecular weight excluding hydrogens is 218 g/mol. The standard InChI is InChI=1S/C12H17N3O2/c1-15-8-10(4-5-11(15)16)14-12(17)9-3-2-6-13-7-9/h4-5,8-9,13H,2-3,6-7H2,1H3,(H,14,17)/t9-/m1/s1. The molecule has 0 saturated carbocycles. The van der Waals surface area contributed by atoms with Crippen molar-refractivity contribution in [3.8, 4) is 0 Å². The molecule has 0 bridgehead atoms. The Morgan fingerprint density at radius 1 is 1.53 bits per heavy atom. The fourth-order valence-electron chi connectivity index (χ4n) is 1.99. The van der Waals surface area contributed by atoms with Gasteiger partial charge < -0.3 is 15.2 Å². The summed E-state index contributed by atoms with van der Waals surface area (Å²) in [6, 6.07) is 3.09. The quantitative estimate of drug-likeness (QED) is 0.776. The highest BCUT2D eigenvalue weighted by atomic mass is 16.2. The Labute approximate surface area is 99.8 Å². The zero-order valence-electron chi connectivity index (χ0n) is 9.90. The third kappa shape index (κ3) is 2.94. The van der Waals surface area contributed by atoms with Gasteiger partial charge >= 0.3 is 0 Å². The summed E-state index contributed by atoms with van der Waals surface area (Å²) in [5.74, 6) is 0.0526. The first-order valence-electron chi connectivity index (χ1n) is 5.85. The molecule has 1 fully saturated rings. The minimum absolute atomic E-state index is 0.0239. The molecule has 0 aliphatic carbocycles. The van der Waals surface area contributed by atoms with Crippen molar-refractivity contribution < 1.29 is 4.79 Å². The number of carbonyl (C=O) groups excluding carboxylic acids is 1. The average Bonchev–Trinajstić information content (AvgIpc) is 2.35. The zero-order chi connectivity index (χ0) is 12.3. The van der Waals surface area contributed by atoms with Crippen LogP contribution < -0.4 is 16.2 Å². The van der Waals surface area contributed by atoms with Crippen molar-refractivity contribution >= 4 is 11.6 Å². The number of aromatic nitrogens is 1. The number of hydrogen-bond donors (Lipinski definition) is 2. The highest BCUT2D eigenvalue weighted by Crippen LogP contribution is 2.13. The Morgan fingerprint density at radius 2 is 2.35 bits per heavy atom. The van der Waals surface area contributed by atoms with E-state index < -0.39 is 0 Å². The summed E-state index contributed by atoms with van der Waals surface area (Å²) in [7, 11) is 1.67. The number of hydrogen-bond acceptors (Lipinski definition) is 3. The Hall–Kier alpha value is -1.62. The monoisotopic (exact) mass is 235 g/mol. The van der Waals surface area contributed by atoms with Gasteiger partial charge in [-0.2, -0.15) is 0 Å². The molecule has 5 nitrogen and oxygen atoms in total. The van der Waals surface area contributed by atoms with Gasteiger partial charge in [-0.05, 0) is 25.5 Å². The molecule has 0 radical (unpaired) electrons. The van der Waals surface area contributed by atoms with Crippen LogP contribution >= 0.6 is 0 Å². The summed E-state index contributed by atoms with van der Waals surface area (Å²) in [6.07, 6.45) is 3.59. The normalized spacial score (nSPS) is 19.9. The summed E-state index contributed by atoms with van der Waals surface area (Å²) in [5.41, 5.74) is 0.588. The first kappa shape index (κ1) is 11.9. The summed E-state index contributed by atoms with van der Waals surface area (Å²) >= 11 is 0. The molecule has 2 rings (SSSR count). The number of pyridine rings is 1. The van der Waals surface area contributed by atoms with E-state index in [0.29, 0.717) is 5.69 Å². The molecule has 1 aromatic heterocycles. The van der Waals surface area contributed by atoms with Crippen LogP contribution in [0.2, 0.25) is 0 Å². The van der Waals surface area contributed by atoms with Crippen LogP contribution in [-0.4, -0.2) is 23.6 Å². The van der Waals surface area contributed by atoms with Crippen molar-refractivity contribution in [2.24, 2.45) is 13.0 Å². The molecule has 1 aliphatic heterocycles. The molecule has 1 aromatic rings. The first-order chi connectivity index (χ1) is 8.16. The van der Waals surface area contributed by atoms with Gasteiger partial charge in [-0.25, -0.2) is 0 Å². The van der Waals surface area contributed by atoms with Crippen LogP contribution in [0.4, 0.5) is 5.69 Å². The molecule has 92 valence electrons. The summed E-state index contributed by atoms with van der Waals surface area (Å²) < 4.78 is 1.45. The van der Waals surface area contributed by atoms with Crippen molar-refractivity contribution in [1.29, 1.82) is 0 Å². The van der Waals surface area contributed by atoms with Crippen LogP contribution in [-0.2, 0) is 11.8 Å². The third-order valence-electron chi connectivity index (χ3n) is 3.02. The van der Waals surface area contributed by atoms with Gasteiger partial charge in [-0.1, -0.05) is 0 Å². The van der Waals surface area contributed by atoms with E-state index in [2.05, 4.69) is 10.6 Å². The number of piperidine rings is 1. The van der Waals surface area contributed by atoms with Crippen molar-refractivity contribution in [2.75, 3.05) is 18.4 Å². The maximum atomic E-state index is 11.9. The van der Waals surface area contributed by atoms with E-state index in [1.165, 1.54) is 10.6 Å². The van der Waals surface area contributed by atoms with E-state index in [4.69, 9.17) is 0 Å². The number of aryl methyl sites for hydroxylation is 1. The lowest BCUT2D eigenvalue weighted by Crippen LogP contribution is -2.37. The van der Waals surface area contributed by atoms with Gasteiger partial charge in [-0.15, -0.1) is 0 Å². The number of nitrogens with one attached hydrogen (secondary N) is 2. The minimum Gasteiger partial charge on any atom is -0.325 e. The smallest absolute Gasteiger partial charge is 0.250 e. The molecule has 0 aromatic carbocycles. The Kier molecular flexibility index (Phi) is 3.58. The molecule has 0 unspecified atom stereocenters. The second-order valence-corrected chi connectivity index (χ2v) is 4.40. The number of nitrogens with zero attached hydrogens (tertiary/aromatic N) is 1. The van der Waals surface area contributed by atoms with Crippen LogP contribution in [0.5, 0.6) is 0 Å². The van der Waals surface area contributed by atoms with E-state index in [1.807, 2.05) is 0 Å². The number of amides is 1. The summed E-state index contributed by atoms with van der Waals surface area (Å²) in [6.45, 7) is 1.72. The molecule has 1 atom stereocenters. The number of carbonyl (C=O) groups is 1. The molecule has 1 saturated heterocycles. The topological polar surface area (TPSA) is 63.1 Å². The van der Waals surface area contributed by atoms with E-state index in [1.54, 1.807) is 19.3 Å². The fraction of sp³-hybridized carbons (Fsp3) is 0.500. The van der Waals surface area contributed by atoms with Crippen molar-refractivity contribution in [2.45, 2.75) is 12.8 Å². The van der Waals surface area contributed by atoms with Gasteiger partial charge in [0.15, 0.2) is 0 Å². The second-order valence-electron chi connectivity index (χ2n) is 4.40. The van der Waals surface area contributed by atoms with Crippen LogP contribution in [0.1, 0.15) is 12.8 Å². The van der Waals surface area contributed by atoms with E-state index >= 15 is 0 Å². The summed E-state index contributed by atoms with van der Waals surface area (Å²) in [4.78, 5) is 23.1. The largest absolute Gasteiger partial charge is 0.325 e. The van der Waals surface area contributed by atoms with Crippen LogP contribution in [0, 0.1) is 5.92 Å². The molecular formula is C12H17N3O2. The number of rotatable bonds is 2. The van der Waals surface area contributed by atoms with Crippen molar-refractivity contribution in [3.05, 3.63) is 28.7 Å². The maximum absolute atomic E-state index is 11.9. The predicted molar refractivity (Wildman–Crippen MR) is 65.9 cm³/mol. The van der Waals surface area contributed by atoms with Gasteiger partial charge in [0.25, 0.3) is 0 Å². The van der Waals surface area contributed by atoms with Crippen LogP contribution in [0.15, 0.2) is 23.1 Å². The van der Waals surface area contributed by atoms with Crippen molar-refractivity contribution in [1.82, 2.24) is 9.88 Å². The van der Waals surface area contributed by atoms with Crippen LogP contribution in [0.25, 0.3) is 0 Å². The van der Waals surface area contributed by atoms with Crippen LogP contribution in [0.3, 0.4) is 0 Å². The summed E-state index contributed by atoms with van der Waals surface area (Å²) in [5, 5.41) is 6.05. The van der Waals surface area contributed by atoms with Gasteiger partial charge in [0.05, 0.1) is 11.6 Å². The lowest BCUT2D eigenvalue weighted by molar-refractivity contribution is -0.120. The Morgan fingerprint density at radius 3 is 3.00 bits per heavy atom. The fourth-order valence-corrected chi connectivity index (χ4v) is 1.99. The van der Waals surface area contributed by atoms with E-state index in [0.717, 1.165) is 25.9 Å². The van der Waals surface area contributed by atoms with Gasteiger partial charge in [-0.3, -0.25) is 9.59 Å². The lowest BCUT2D eigenvalue weighted by Gasteiger charge is -2.21. The molecule has 2 N–H and O–H groups in total. The Bertz CT molecular complexity index is 461. The van der Waals surface area contributed by atoms with Crippen molar-refractivity contribution in [3.63, 3.8) is 0 Å². The average molecular weight is 235 g/mol.